The number of likely N-dealkylation sites (tertiary alicyclic amines) is 1. The van der Waals surface area contributed by atoms with Gasteiger partial charge in [-0.1, -0.05) is 0 Å². The molecule has 0 bridgehead atoms. The summed E-state index contributed by atoms with van der Waals surface area (Å²) in [5, 5.41) is 9.07. The molecule has 2 aliphatic heterocycles. The van der Waals surface area contributed by atoms with E-state index in [4.69, 9.17) is 0 Å². The summed E-state index contributed by atoms with van der Waals surface area (Å²) in [4.78, 5) is 16.8. The molecule has 1 saturated heterocycles. The molecule has 0 atom stereocenters. The third-order valence-corrected chi connectivity index (χ3v) is 4.96. The highest BCUT2D eigenvalue weighted by Gasteiger charge is 2.35. The Bertz CT molecular complexity index is 770. The topological polar surface area (TPSA) is 59.2 Å². The van der Waals surface area contributed by atoms with E-state index in [9.17, 15) is 4.79 Å². The minimum atomic E-state index is 0.0380. The molecule has 0 aromatic carbocycles. The number of carbonyl (C=O) groups is 1. The highest BCUT2D eigenvalue weighted by Crippen LogP contribution is 2.25. The lowest BCUT2D eigenvalue weighted by Gasteiger charge is -2.39. The van der Waals surface area contributed by atoms with Crippen LogP contribution in [0.4, 0.5) is 0 Å². The zero-order chi connectivity index (χ0) is 16.8. The van der Waals surface area contributed by atoms with Gasteiger partial charge in [-0.3, -0.25) is 14.2 Å². The summed E-state index contributed by atoms with van der Waals surface area (Å²) in [6.45, 7) is 8.30. The van der Waals surface area contributed by atoms with E-state index in [0.29, 0.717) is 18.8 Å². The molecule has 0 aliphatic carbocycles. The molecule has 0 unspecified atom stereocenters. The van der Waals surface area contributed by atoms with Crippen LogP contribution in [0.2, 0.25) is 0 Å². The second kappa shape index (κ2) is 5.73. The molecule has 4 heterocycles. The van der Waals surface area contributed by atoms with Crippen LogP contribution in [-0.2, 0) is 13.1 Å². The van der Waals surface area contributed by atoms with Gasteiger partial charge in [0.15, 0.2) is 5.69 Å². The van der Waals surface area contributed by atoms with Crippen molar-refractivity contribution < 1.29 is 4.79 Å². The predicted molar refractivity (Wildman–Crippen MR) is 89.8 cm³/mol. The normalized spacial score (nSPS) is 19.0. The maximum atomic E-state index is 12.7. The van der Waals surface area contributed by atoms with Crippen LogP contribution in [0.5, 0.6) is 0 Å². The number of hydrogen-bond acceptors (Lipinski definition) is 4. The summed E-state index contributed by atoms with van der Waals surface area (Å²) in [6.07, 6.45) is 1.07. The summed E-state index contributed by atoms with van der Waals surface area (Å²) in [6, 6.07) is 4.32. The molecule has 2 aromatic heterocycles. The zero-order valence-corrected chi connectivity index (χ0v) is 14.6. The molecule has 0 spiro atoms. The fraction of sp³-hybridized carbons (Fsp3) is 0.588. The van der Waals surface area contributed by atoms with Crippen molar-refractivity contribution in [3.63, 3.8) is 0 Å². The molecule has 0 saturated carbocycles. The number of aromatic nitrogens is 4. The van der Waals surface area contributed by atoms with Crippen LogP contribution in [0, 0.1) is 13.8 Å². The van der Waals surface area contributed by atoms with E-state index < -0.39 is 0 Å². The highest BCUT2D eigenvalue weighted by molar-refractivity contribution is 5.93. The summed E-state index contributed by atoms with van der Waals surface area (Å²) in [5.41, 5.74) is 3.89. The van der Waals surface area contributed by atoms with Crippen LogP contribution in [0.15, 0.2) is 12.1 Å². The lowest BCUT2D eigenvalue weighted by Crippen LogP contribution is -2.51. The fourth-order valence-electron chi connectivity index (χ4n) is 3.68. The highest BCUT2D eigenvalue weighted by atomic mass is 16.2. The Hall–Kier alpha value is -2.15. The lowest BCUT2D eigenvalue weighted by atomic mass is 10.1. The molecule has 7 heteroatoms. The van der Waals surface area contributed by atoms with Crippen molar-refractivity contribution in [1.82, 2.24) is 29.4 Å². The summed E-state index contributed by atoms with van der Waals surface area (Å²) in [7, 11) is 2.11. The Labute approximate surface area is 141 Å². The van der Waals surface area contributed by atoms with Gasteiger partial charge in [0.25, 0.3) is 5.91 Å². The molecule has 2 aliphatic rings. The number of rotatable bonds is 2. The van der Waals surface area contributed by atoms with Crippen LogP contribution in [0.3, 0.4) is 0 Å². The molecule has 1 fully saturated rings. The summed E-state index contributed by atoms with van der Waals surface area (Å²) in [5.74, 6) is 0.0380. The molecule has 4 rings (SSSR count). The molecule has 0 N–H and O–H groups in total. The van der Waals surface area contributed by atoms with Gasteiger partial charge in [0, 0.05) is 38.4 Å². The van der Waals surface area contributed by atoms with E-state index in [-0.39, 0.29) is 11.9 Å². The molecule has 7 nitrogen and oxygen atoms in total. The monoisotopic (exact) mass is 328 g/mol. The van der Waals surface area contributed by atoms with Crippen LogP contribution in [0.1, 0.15) is 40.0 Å². The fourth-order valence-corrected chi connectivity index (χ4v) is 3.68. The van der Waals surface area contributed by atoms with E-state index in [1.807, 2.05) is 27.3 Å². The number of nitrogens with zero attached hydrogens (tertiary/aromatic N) is 6. The first-order chi connectivity index (χ1) is 11.5. The Morgan fingerprint density at radius 3 is 2.67 bits per heavy atom. The number of amides is 1. The molecule has 128 valence electrons. The molecule has 24 heavy (non-hydrogen) atoms. The number of hydrogen-bond donors (Lipinski definition) is 0. The van der Waals surface area contributed by atoms with Gasteiger partial charge >= 0.3 is 0 Å². The van der Waals surface area contributed by atoms with Gasteiger partial charge in [0.05, 0.1) is 17.4 Å². The van der Waals surface area contributed by atoms with Crippen LogP contribution in [0.25, 0.3) is 0 Å². The minimum Gasteiger partial charge on any atom is -0.333 e. The van der Waals surface area contributed by atoms with Crippen molar-refractivity contribution in [1.29, 1.82) is 0 Å². The van der Waals surface area contributed by atoms with Gasteiger partial charge in [-0.15, -0.1) is 0 Å². The van der Waals surface area contributed by atoms with E-state index in [1.165, 1.54) is 0 Å². The quantitative estimate of drug-likeness (QED) is 0.832. The van der Waals surface area contributed by atoms with Crippen LogP contribution >= 0.6 is 0 Å². The largest absolute Gasteiger partial charge is 0.333 e. The second-order valence-corrected chi connectivity index (χ2v) is 7.07. The standard InChI is InChI=1S/C17H24N6O/c1-12-7-13(2)23(18-12)15-10-21(11-15)17(24)16-8-14-9-20(3)5-4-6-22(14)19-16/h7-8,15H,4-6,9-11H2,1-3H3. The van der Waals surface area contributed by atoms with Crippen molar-refractivity contribution in [2.75, 3.05) is 26.7 Å². The van der Waals surface area contributed by atoms with Crippen molar-refractivity contribution >= 4 is 5.91 Å². The SMILES string of the molecule is Cc1cc(C)n(C2CN(C(=O)c3cc4n(n3)CCCN(C)C4)C2)n1. The molecular formula is C17H24N6O. The number of carbonyl (C=O) groups excluding carboxylic acids is 1. The third-order valence-electron chi connectivity index (χ3n) is 4.96. The van der Waals surface area contributed by atoms with Crippen LogP contribution in [-0.4, -0.2) is 61.9 Å². The van der Waals surface area contributed by atoms with E-state index in [1.54, 1.807) is 0 Å². The first-order valence-corrected chi connectivity index (χ1v) is 8.58. The second-order valence-electron chi connectivity index (χ2n) is 7.07. The van der Waals surface area contributed by atoms with E-state index >= 15 is 0 Å². The molecular weight excluding hydrogens is 304 g/mol. The van der Waals surface area contributed by atoms with E-state index in [0.717, 1.165) is 43.1 Å². The van der Waals surface area contributed by atoms with E-state index in [2.05, 4.69) is 35.1 Å². The zero-order valence-electron chi connectivity index (χ0n) is 14.6. The molecule has 2 aromatic rings. The van der Waals surface area contributed by atoms with Gasteiger partial charge in [-0.25, -0.2) is 0 Å². The summed E-state index contributed by atoms with van der Waals surface area (Å²) >= 11 is 0. The number of fused-ring (bicyclic) bond motifs is 1. The predicted octanol–water partition coefficient (Wildman–Crippen LogP) is 1.23. The Morgan fingerprint density at radius 2 is 1.96 bits per heavy atom. The molecule has 0 radical (unpaired) electrons. The molecule has 1 amide bonds. The first-order valence-electron chi connectivity index (χ1n) is 8.58. The van der Waals surface area contributed by atoms with Crippen molar-refractivity contribution in [3.8, 4) is 0 Å². The maximum absolute atomic E-state index is 12.7. The van der Waals surface area contributed by atoms with Gasteiger partial charge in [0.1, 0.15) is 0 Å². The van der Waals surface area contributed by atoms with Crippen molar-refractivity contribution in [2.45, 2.75) is 39.4 Å². The van der Waals surface area contributed by atoms with Gasteiger partial charge in [-0.2, -0.15) is 10.2 Å². The van der Waals surface area contributed by atoms with Crippen LogP contribution < -0.4 is 0 Å². The lowest BCUT2D eigenvalue weighted by molar-refractivity contribution is 0.0490. The van der Waals surface area contributed by atoms with Crippen molar-refractivity contribution in [3.05, 3.63) is 34.9 Å². The van der Waals surface area contributed by atoms with Crippen molar-refractivity contribution in [2.24, 2.45) is 0 Å². The average molecular weight is 328 g/mol. The smallest absolute Gasteiger partial charge is 0.274 e. The maximum Gasteiger partial charge on any atom is 0.274 e. The minimum absolute atomic E-state index is 0.0380. The Balaban J connectivity index is 1.44. The van der Waals surface area contributed by atoms with Gasteiger partial charge in [-0.05, 0) is 39.4 Å². The van der Waals surface area contributed by atoms with Gasteiger partial charge < -0.3 is 9.80 Å². The average Bonchev–Trinajstić information content (AvgIpc) is 2.96. The first kappa shape index (κ1) is 15.4. The third kappa shape index (κ3) is 2.62. The Morgan fingerprint density at radius 1 is 1.17 bits per heavy atom. The van der Waals surface area contributed by atoms with Gasteiger partial charge in [0.2, 0.25) is 0 Å². The Kier molecular flexibility index (Phi) is 3.68. The summed E-state index contributed by atoms with van der Waals surface area (Å²) < 4.78 is 4.03. The number of aryl methyl sites for hydroxylation is 3.